The van der Waals surface area contributed by atoms with Gasteiger partial charge in [-0.25, -0.2) is 13.6 Å². The number of aromatic nitrogens is 2. The lowest BCUT2D eigenvalue weighted by atomic mass is 9.88. The molecule has 1 aromatic heterocycles. The van der Waals surface area contributed by atoms with Crippen molar-refractivity contribution in [3.8, 4) is 11.1 Å². The van der Waals surface area contributed by atoms with Crippen LogP contribution < -0.4 is 15.5 Å². The zero-order valence-corrected chi connectivity index (χ0v) is 21.2. The number of aromatic amines is 1. The highest BCUT2D eigenvalue weighted by Gasteiger charge is 2.41. The fraction of sp³-hybridized carbons (Fsp3) is 0.148. The summed E-state index contributed by atoms with van der Waals surface area (Å²) in [5, 5.41) is 11.2. The molecule has 3 N–H and O–H groups in total. The normalized spacial score (nSPS) is 16.0. The second-order valence-electron chi connectivity index (χ2n) is 9.44. The van der Waals surface area contributed by atoms with E-state index in [2.05, 4.69) is 20.8 Å². The highest BCUT2D eigenvalue weighted by atomic mass is 35.5. The molecule has 0 bridgehead atoms. The number of nitrogens with one attached hydrogen (secondary N) is 3. The van der Waals surface area contributed by atoms with Gasteiger partial charge in [-0.1, -0.05) is 11.6 Å². The van der Waals surface area contributed by atoms with Crippen LogP contribution in [0.1, 0.15) is 38.7 Å². The van der Waals surface area contributed by atoms with Gasteiger partial charge in [-0.05, 0) is 60.0 Å². The van der Waals surface area contributed by atoms with Gasteiger partial charge in [0.05, 0.1) is 29.1 Å². The Hall–Kier alpha value is -4.52. The first-order chi connectivity index (χ1) is 19.4. The number of carbonyl (C=O) groups excluding carboxylic acids is 2. The quantitative estimate of drug-likeness (QED) is 0.234. The summed E-state index contributed by atoms with van der Waals surface area (Å²) in [6.07, 6.45) is -3.44. The molecule has 0 fully saturated rings. The predicted molar refractivity (Wildman–Crippen MR) is 136 cm³/mol. The smallest absolute Gasteiger partial charge is 0.327 e. The molecule has 3 heterocycles. The highest BCUT2D eigenvalue weighted by Crippen LogP contribution is 2.50. The van der Waals surface area contributed by atoms with Crippen molar-refractivity contribution in [2.45, 2.75) is 18.6 Å². The number of nitrogens with zero attached hydrogens (tertiary/aromatic N) is 2. The molecule has 0 radical (unpaired) electrons. The van der Waals surface area contributed by atoms with E-state index in [9.17, 15) is 35.9 Å². The summed E-state index contributed by atoms with van der Waals surface area (Å²) < 4.78 is 83.0. The van der Waals surface area contributed by atoms with Crippen LogP contribution in [0.3, 0.4) is 0 Å². The van der Waals surface area contributed by atoms with Crippen LogP contribution in [0.25, 0.3) is 11.1 Å². The number of hydrogen-bond donors (Lipinski definition) is 3. The largest absolute Gasteiger partial charge is 0.416 e. The Balaban J connectivity index is 1.57. The Morgan fingerprint density at radius 2 is 1.83 bits per heavy atom. The van der Waals surface area contributed by atoms with E-state index in [0.717, 1.165) is 12.1 Å². The highest BCUT2D eigenvalue weighted by molar-refractivity contribution is 6.31. The van der Waals surface area contributed by atoms with Crippen LogP contribution in [0.4, 0.5) is 42.5 Å². The fourth-order valence-electron chi connectivity index (χ4n) is 5.24. The minimum Gasteiger partial charge on any atom is -0.327 e. The van der Waals surface area contributed by atoms with Crippen molar-refractivity contribution in [1.82, 2.24) is 15.5 Å². The molecular formula is C27H16ClF6N5O2. The van der Waals surface area contributed by atoms with Crippen LogP contribution in [0.2, 0.25) is 5.02 Å². The Morgan fingerprint density at radius 1 is 1.05 bits per heavy atom. The maximum Gasteiger partial charge on any atom is 0.416 e. The number of benzene rings is 3. The van der Waals surface area contributed by atoms with Crippen LogP contribution >= 0.6 is 11.6 Å². The molecular weight excluding hydrogens is 576 g/mol. The monoisotopic (exact) mass is 591 g/mol. The molecule has 210 valence electrons. The topological polar surface area (TPSA) is 90.1 Å². The summed E-state index contributed by atoms with van der Waals surface area (Å²) in [4.78, 5) is 27.8. The number of carbonyl (C=O) groups is 2. The van der Waals surface area contributed by atoms with Crippen LogP contribution in [-0.4, -0.2) is 28.7 Å². The van der Waals surface area contributed by atoms with Gasteiger partial charge >= 0.3 is 12.2 Å². The lowest BCUT2D eigenvalue weighted by Crippen LogP contribution is -2.46. The van der Waals surface area contributed by atoms with Gasteiger partial charge in [0.25, 0.3) is 5.91 Å². The predicted octanol–water partition coefficient (Wildman–Crippen LogP) is 6.59. The van der Waals surface area contributed by atoms with Gasteiger partial charge < -0.3 is 10.6 Å². The fourth-order valence-corrected chi connectivity index (χ4v) is 5.47. The Morgan fingerprint density at radius 3 is 2.54 bits per heavy atom. The average Bonchev–Trinajstić information content (AvgIpc) is 3.54. The first kappa shape index (κ1) is 26.7. The first-order valence-corrected chi connectivity index (χ1v) is 12.4. The summed E-state index contributed by atoms with van der Waals surface area (Å²) in [6.45, 7) is 0.181. The Bertz CT molecular complexity index is 1750. The van der Waals surface area contributed by atoms with Gasteiger partial charge in [-0.2, -0.15) is 22.7 Å². The van der Waals surface area contributed by atoms with Crippen molar-refractivity contribution < 1.29 is 35.9 Å². The lowest BCUT2D eigenvalue weighted by Gasteiger charge is -2.35. The van der Waals surface area contributed by atoms with E-state index in [1.807, 2.05) is 0 Å². The van der Waals surface area contributed by atoms with Gasteiger partial charge in [0.1, 0.15) is 11.6 Å². The van der Waals surface area contributed by atoms with Crippen molar-refractivity contribution in [2.24, 2.45) is 0 Å². The standard InChI is InChI=1S/C27H16ClF6N5O2/c28-19-2-1-13(29)8-17(19)22-21-20(36-25(40)11-5-12(27(32,33)34)7-14(30)6-11)9-16(18-10-35-38-24(18)31)15-3-4-39(23(15)21)26(41)37-22/h1-2,5-10,22H,3-4H2,(H,35,38)(H,36,40)(H,37,41). The molecule has 3 aromatic carbocycles. The van der Waals surface area contributed by atoms with Gasteiger partial charge in [0.15, 0.2) is 0 Å². The number of anilines is 2. The third-order valence-corrected chi connectivity index (χ3v) is 7.33. The van der Waals surface area contributed by atoms with E-state index in [1.165, 1.54) is 23.2 Å². The Labute approximate surface area is 232 Å². The average molecular weight is 592 g/mol. The maximum absolute atomic E-state index is 14.7. The molecule has 0 saturated heterocycles. The summed E-state index contributed by atoms with van der Waals surface area (Å²) in [6, 6.07) is 4.57. The lowest BCUT2D eigenvalue weighted by molar-refractivity contribution is -0.137. The number of halogens is 7. The number of urea groups is 1. The van der Waals surface area contributed by atoms with Crippen LogP contribution in [-0.2, 0) is 12.6 Å². The third-order valence-electron chi connectivity index (χ3n) is 6.99. The minimum atomic E-state index is -4.92. The van der Waals surface area contributed by atoms with Crippen LogP contribution in [0, 0.1) is 17.6 Å². The van der Waals surface area contributed by atoms with E-state index >= 15 is 0 Å². The van der Waals surface area contributed by atoms with E-state index in [-0.39, 0.29) is 52.0 Å². The van der Waals surface area contributed by atoms with Gasteiger partial charge in [0.2, 0.25) is 5.95 Å². The van der Waals surface area contributed by atoms with Crippen molar-refractivity contribution in [3.63, 3.8) is 0 Å². The molecule has 14 heteroatoms. The second kappa shape index (κ2) is 9.54. The third kappa shape index (κ3) is 4.55. The zero-order chi connectivity index (χ0) is 29.2. The summed E-state index contributed by atoms with van der Waals surface area (Å²) in [5.74, 6) is -3.87. The molecule has 7 nitrogen and oxygen atoms in total. The number of alkyl halides is 3. The van der Waals surface area contributed by atoms with Crippen LogP contribution in [0.15, 0.2) is 48.7 Å². The molecule has 2 aliphatic heterocycles. The molecule has 6 rings (SSSR count). The molecule has 4 aromatic rings. The van der Waals surface area contributed by atoms with E-state index in [1.54, 1.807) is 0 Å². The van der Waals surface area contributed by atoms with Crippen LogP contribution in [0.5, 0.6) is 0 Å². The minimum absolute atomic E-state index is 0.0107. The number of rotatable bonds is 4. The second-order valence-corrected chi connectivity index (χ2v) is 9.85. The van der Waals surface area contributed by atoms with Crippen molar-refractivity contribution >= 4 is 34.9 Å². The molecule has 3 amide bonds. The van der Waals surface area contributed by atoms with Crippen molar-refractivity contribution in [3.05, 3.63) is 99.1 Å². The molecule has 0 spiro atoms. The van der Waals surface area contributed by atoms with Crippen molar-refractivity contribution in [1.29, 1.82) is 0 Å². The first-order valence-electron chi connectivity index (χ1n) is 12.0. The maximum atomic E-state index is 14.7. The van der Waals surface area contributed by atoms with Gasteiger partial charge in [0, 0.05) is 33.9 Å². The molecule has 0 saturated carbocycles. The zero-order valence-electron chi connectivity index (χ0n) is 20.5. The summed E-state index contributed by atoms with van der Waals surface area (Å²) in [5.41, 5.74) is -0.619. The van der Waals surface area contributed by atoms with E-state index in [0.29, 0.717) is 23.4 Å². The number of H-pyrrole nitrogens is 1. The molecule has 41 heavy (non-hydrogen) atoms. The summed E-state index contributed by atoms with van der Waals surface area (Å²) >= 11 is 6.37. The van der Waals surface area contributed by atoms with E-state index in [4.69, 9.17) is 11.6 Å². The van der Waals surface area contributed by atoms with Gasteiger partial charge in [-0.3, -0.25) is 14.8 Å². The molecule has 0 aliphatic carbocycles. The summed E-state index contributed by atoms with van der Waals surface area (Å²) in [7, 11) is 0. The molecule has 1 atom stereocenters. The van der Waals surface area contributed by atoms with Crippen molar-refractivity contribution in [2.75, 3.05) is 16.8 Å². The number of amides is 3. The molecule has 1 unspecified atom stereocenters. The SMILES string of the molecule is O=C(Nc1cc(-c2cn[nH]c2F)c2c3c1C(c1cc(F)ccc1Cl)NC(=O)N3CC2)c1cc(F)cc(C(F)(F)F)c1. The number of hydrogen-bond acceptors (Lipinski definition) is 3. The molecule has 2 aliphatic rings. The Kier molecular flexibility index (Phi) is 6.21. The van der Waals surface area contributed by atoms with Gasteiger partial charge in [-0.15, -0.1) is 0 Å². The van der Waals surface area contributed by atoms with E-state index < -0.39 is 52.9 Å².